The monoisotopic (exact) mass is 283 g/mol. The van der Waals surface area contributed by atoms with Crippen LogP contribution in [0.4, 0.5) is 0 Å². The van der Waals surface area contributed by atoms with Crippen molar-refractivity contribution in [3.05, 3.63) is 102 Å². The molecule has 0 bridgehead atoms. The maximum atomic E-state index is 3.55. The molecule has 4 rings (SSSR count). The molecule has 0 radical (unpaired) electrons. The molecule has 0 amide bonds. The topological polar surface area (TPSA) is 12.0 Å². The Morgan fingerprint density at radius 1 is 0.591 bits per heavy atom. The lowest BCUT2D eigenvalue weighted by Crippen LogP contribution is -2.27. The van der Waals surface area contributed by atoms with Gasteiger partial charge >= 0.3 is 0 Å². The van der Waals surface area contributed by atoms with E-state index in [4.69, 9.17) is 0 Å². The first-order valence-corrected chi connectivity index (χ1v) is 7.59. The van der Waals surface area contributed by atoms with Crippen LogP contribution in [-0.4, -0.2) is 0 Å². The van der Waals surface area contributed by atoms with Crippen molar-refractivity contribution in [3.8, 4) is 11.1 Å². The maximum absolute atomic E-state index is 3.55. The first kappa shape index (κ1) is 12.9. The van der Waals surface area contributed by atoms with Crippen LogP contribution in [0.3, 0.4) is 0 Å². The van der Waals surface area contributed by atoms with Crippen LogP contribution in [0.1, 0.15) is 17.2 Å². The van der Waals surface area contributed by atoms with E-state index in [1.807, 2.05) is 6.07 Å². The van der Waals surface area contributed by atoms with Crippen molar-refractivity contribution in [2.75, 3.05) is 0 Å². The van der Waals surface area contributed by atoms with E-state index in [9.17, 15) is 0 Å². The Morgan fingerprint density at radius 2 is 1.18 bits per heavy atom. The fraction of sp³-hybridized carbons (Fsp3) is 0.0476. The average Bonchev–Trinajstić information content (AvgIpc) is 2.56. The van der Waals surface area contributed by atoms with Gasteiger partial charge in [0.05, 0.1) is 6.04 Å². The van der Waals surface area contributed by atoms with Gasteiger partial charge in [0.15, 0.2) is 0 Å². The summed E-state index contributed by atoms with van der Waals surface area (Å²) in [7, 11) is 0. The molecule has 1 nitrogen and oxygen atoms in total. The van der Waals surface area contributed by atoms with E-state index in [0.29, 0.717) is 6.04 Å². The van der Waals surface area contributed by atoms with Gasteiger partial charge in [-0.25, -0.2) is 0 Å². The second-order valence-corrected chi connectivity index (χ2v) is 5.56. The Labute approximate surface area is 130 Å². The van der Waals surface area contributed by atoms with Gasteiger partial charge in [-0.05, 0) is 34.4 Å². The summed E-state index contributed by atoms with van der Waals surface area (Å²) in [6.07, 6.45) is 2.29. The summed E-state index contributed by atoms with van der Waals surface area (Å²) in [4.78, 5) is 0. The van der Waals surface area contributed by atoms with Gasteiger partial charge in [0.25, 0.3) is 0 Å². The highest BCUT2D eigenvalue weighted by atomic mass is 15.0. The fourth-order valence-electron chi connectivity index (χ4n) is 2.85. The molecule has 1 aliphatic rings. The zero-order chi connectivity index (χ0) is 14.8. The van der Waals surface area contributed by atoms with Gasteiger partial charge in [0, 0.05) is 5.70 Å². The van der Waals surface area contributed by atoms with Crippen LogP contribution in [0.2, 0.25) is 0 Å². The predicted octanol–water partition coefficient (Wildman–Crippen LogP) is 5.04. The zero-order valence-corrected chi connectivity index (χ0v) is 12.2. The van der Waals surface area contributed by atoms with Crippen molar-refractivity contribution in [2.24, 2.45) is 0 Å². The molecule has 22 heavy (non-hydrogen) atoms. The van der Waals surface area contributed by atoms with Gasteiger partial charge in [0.1, 0.15) is 0 Å². The van der Waals surface area contributed by atoms with Crippen molar-refractivity contribution >= 4 is 5.70 Å². The lowest BCUT2D eigenvalue weighted by atomic mass is 9.94. The van der Waals surface area contributed by atoms with Crippen LogP contribution in [0.5, 0.6) is 0 Å². The van der Waals surface area contributed by atoms with E-state index in [2.05, 4.69) is 90.3 Å². The van der Waals surface area contributed by atoms with Crippen molar-refractivity contribution in [1.82, 2.24) is 5.32 Å². The van der Waals surface area contributed by atoms with E-state index in [0.717, 1.165) is 0 Å². The molecule has 0 fully saturated rings. The van der Waals surface area contributed by atoms with Gasteiger partial charge < -0.3 is 5.32 Å². The normalized spacial score (nSPS) is 16.4. The minimum atomic E-state index is 0.305. The number of benzene rings is 3. The summed E-state index contributed by atoms with van der Waals surface area (Å²) in [5.74, 6) is 0. The van der Waals surface area contributed by atoms with E-state index in [1.54, 1.807) is 0 Å². The number of nitrogens with one attached hydrogen (secondary N) is 1. The maximum Gasteiger partial charge on any atom is 0.0721 e. The molecule has 1 unspecified atom stereocenters. The van der Waals surface area contributed by atoms with Gasteiger partial charge in [0.2, 0.25) is 0 Å². The van der Waals surface area contributed by atoms with E-state index in [-0.39, 0.29) is 0 Å². The van der Waals surface area contributed by atoms with E-state index in [1.165, 1.54) is 28.0 Å². The summed E-state index contributed by atoms with van der Waals surface area (Å²) in [5.41, 5.74) is 6.30. The molecule has 0 aliphatic carbocycles. The molecule has 1 heterocycles. The van der Waals surface area contributed by atoms with E-state index >= 15 is 0 Å². The highest BCUT2D eigenvalue weighted by molar-refractivity contribution is 5.72. The summed E-state index contributed by atoms with van der Waals surface area (Å²) in [5, 5.41) is 3.55. The lowest BCUT2D eigenvalue weighted by molar-refractivity contribution is 0.711. The molecule has 1 heteroatoms. The second kappa shape index (κ2) is 5.53. The van der Waals surface area contributed by atoms with Crippen LogP contribution < -0.4 is 5.32 Å². The molecule has 1 atom stereocenters. The van der Waals surface area contributed by atoms with Crippen LogP contribution in [-0.2, 0) is 0 Å². The quantitative estimate of drug-likeness (QED) is 0.710. The van der Waals surface area contributed by atoms with Gasteiger partial charge in [-0.15, -0.1) is 0 Å². The number of hydrogen-bond acceptors (Lipinski definition) is 1. The van der Waals surface area contributed by atoms with Gasteiger partial charge in [-0.3, -0.25) is 0 Å². The summed E-state index contributed by atoms with van der Waals surface area (Å²) >= 11 is 0. The predicted molar refractivity (Wildman–Crippen MR) is 92.2 cm³/mol. The third-order valence-electron chi connectivity index (χ3n) is 4.08. The van der Waals surface area contributed by atoms with E-state index < -0.39 is 0 Å². The minimum Gasteiger partial charge on any atom is -0.374 e. The third kappa shape index (κ3) is 2.42. The number of hydrogen-bond donors (Lipinski definition) is 1. The van der Waals surface area contributed by atoms with Crippen molar-refractivity contribution in [3.63, 3.8) is 0 Å². The van der Waals surface area contributed by atoms with Crippen molar-refractivity contribution < 1.29 is 0 Å². The first-order chi connectivity index (χ1) is 10.9. The molecule has 3 aromatic carbocycles. The third-order valence-corrected chi connectivity index (χ3v) is 4.08. The highest BCUT2D eigenvalue weighted by Gasteiger charge is 2.20. The smallest absolute Gasteiger partial charge is 0.0721 e. The summed E-state index contributed by atoms with van der Waals surface area (Å²) in [6.45, 7) is 0. The van der Waals surface area contributed by atoms with Crippen LogP contribution in [0, 0.1) is 0 Å². The molecule has 0 spiro atoms. The fourth-order valence-corrected chi connectivity index (χ4v) is 2.85. The lowest BCUT2D eigenvalue weighted by Gasteiger charge is -2.29. The van der Waals surface area contributed by atoms with Gasteiger partial charge in [-0.2, -0.15) is 0 Å². The Morgan fingerprint density at radius 3 is 1.86 bits per heavy atom. The van der Waals surface area contributed by atoms with Crippen LogP contribution in [0.25, 0.3) is 16.8 Å². The molecule has 0 saturated carbocycles. The minimum absolute atomic E-state index is 0.305. The standard InChI is InChI=1S/C21H17N/c1-3-8-16(9-4-1)18-12-7-13-19(14-18)21-15-20(22-21)17-10-5-2-6-11-17/h1-15,21-22H. The summed E-state index contributed by atoms with van der Waals surface area (Å²) in [6, 6.07) is 30.0. The molecular formula is C21H17N. The summed E-state index contributed by atoms with van der Waals surface area (Å²) < 4.78 is 0. The molecule has 0 aromatic heterocycles. The van der Waals surface area contributed by atoms with Crippen LogP contribution >= 0.6 is 0 Å². The zero-order valence-electron chi connectivity index (χ0n) is 12.2. The molecule has 3 aromatic rings. The van der Waals surface area contributed by atoms with Crippen molar-refractivity contribution in [1.29, 1.82) is 0 Å². The highest BCUT2D eigenvalue weighted by Crippen LogP contribution is 2.32. The first-order valence-electron chi connectivity index (χ1n) is 7.59. The SMILES string of the molecule is C1=C(c2ccccc2)NC1c1cccc(-c2ccccc2)c1. The van der Waals surface area contributed by atoms with Crippen LogP contribution in [0.15, 0.2) is 91.0 Å². The molecular weight excluding hydrogens is 266 g/mol. The molecule has 1 N–H and O–H groups in total. The second-order valence-electron chi connectivity index (χ2n) is 5.56. The largest absolute Gasteiger partial charge is 0.374 e. The molecule has 1 aliphatic heterocycles. The average molecular weight is 283 g/mol. The molecule has 106 valence electrons. The Hall–Kier alpha value is -2.80. The van der Waals surface area contributed by atoms with Crippen molar-refractivity contribution in [2.45, 2.75) is 6.04 Å². The Balaban J connectivity index is 1.59. The Bertz CT molecular complexity index is 804. The molecule has 0 saturated heterocycles. The van der Waals surface area contributed by atoms with Gasteiger partial charge in [-0.1, -0.05) is 78.9 Å². The Kier molecular flexibility index (Phi) is 3.24. The number of rotatable bonds is 3.